The van der Waals surface area contributed by atoms with Crippen LogP contribution in [-0.2, 0) is 0 Å². The molecular formula is C11H23N. The van der Waals surface area contributed by atoms with Crippen molar-refractivity contribution in [1.82, 2.24) is 0 Å². The SMILES string of the molecule is CCCCCC/C=C/CCCN. The average Bonchev–Trinajstić information content (AvgIpc) is 2.10. The summed E-state index contributed by atoms with van der Waals surface area (Å²) in [5.74, 6) is 0. The number of rotatable bonds is 8. The molecule has 0 aromatic heterocycles. The van der Waals surface area contributed by atoms with E-state index < -0.39 is 0 Å². The Morgan fingerprint density at radius 1 is 0.917 bits per heavy atom. The monoisotopic (exact) mass is 169 g/mol. The molecule has 0 aromatic rings. The molecule has 12 heavy (non-hydrogen) atoms. The van der Waals surface area contributed by atoms with E-state index in [0.717, 1.165) is 19.4 Å². The van der Waals surface area contributed by atoms with Crippen LogP contribution in [0.25, 0.3) is 0 Å². The Balaban J connectivity index is 2.92. The minimum absolute atomic E-state index is 0.820. The minimum Gasteiger partial charge on any atom is -0.330 e. The van der Waals surface area contributed by atoms with Crippen molar-refractivity contribution in [3.63, 3.8) is 0 Å². The van der Waals surface area contributed by atoms with Crippen molar-refractivity contribution in [2.45, 2.75) is 51.9 Å². The van der Waals surface area contributed by atoms with Gasteiger partial charge in [0.05, 0.1) is 0 Å². The molecule has 0 amide bonds. The number of allylic oxidation sites excluding steroid dienone is 2. The Kier molecular flexibility index (Phi) is 10.4. The molecule has 0 saturated heterocycles. The van der Waals surface area contributed by atoms with E-state index in [1.165, 1.54) is 32.1 Å². The lowest BCUT2D eigenvalue weighted by molar-refractivity contribution is 0.673. The summed E-state index contributed by atoms with van der Waals surface area (Å²) in [4.78, 5) is 0. The van der Waals surface area contributed by atoms with Crippen molar-refractivity contribution in [3.05, 3.63) is 12.2 Å². The minimum atomic E-state index is 0.820. The zero-order chi connectivity index (χ0) is 9.07. The summed E-state index contributed by atoms with van der Waals surface area (Å²) in [6, 6.07) is 0. The topological polar surface area (TPSA) is 26.0 Å². The highest BCUT2D eigenvalue weighted by Gasteiger charge is 1.84. The first-order valence-electron chi connectivity index (χ1n) is 5.27. The van der Waals surface area contributed by atoms with E-state index in [1.54, 1.807) is 0 Å². The smallest absolute Gasteiger partial charge is 0.00743 e. The summed E-state index contributed by atoms with van der Waals surface area (Å²) in [6.07, 6.45) is 13.6. The number of hydrogen-bond donors (Lipinski definition) is 1. The fraction of sp³-hybridized carbons (Fsp3) is 0.818. The van der Waals surface area contributed by atoms with Crippen molar-refractivity contribution >= 4 is 0 Å². The van der Waals surface area contributed by atoms with Gasteiger partial charge in [-0.25, -0.2) is 0 Å². The van der Waals surface area contributed by atoms with Crippen molar-refractivity contribution in [2.24, 2.45) is 5.73 Å². The van der Waals surface area contributed by atoms with Gasteiger partial charge in [0.1, 0.15) is 0 Å². The van der Waals surface area contributed by atoms with Gasteiger partial charge in [0, 0.05) is 0 Å². The maximum atomic E-state index is 5.38. The number of unbranched alkanes of at least 4 members (excludes halogenated alkanes) is 5. The van der Waals surface area contributed by atoms with E-state index in [2.05, 4.69) is 19.1 Å². The van der Waals surface area contributed by atoms with Gasteiger partial charge in [0.2, 0.25) is 0 Å². The highest BCUT2D eigenvalue weighted by atomic mass is 14.5. The van der Waals surface area contributed by atoms with E-state index in [0.29, 0.717) is 0 Å². The molecular weight excluding hydrogens is 146 g/mol. The van der Waals surface area contributed by atoms with Crippen LogP contribution in [0.2, 0.25) is 0 Å². The van der Waals surface area contributed by atoms with Crippen LogP contribution in [0.4, 0.5) is 0 Å². The molecule has 1 heteroatoms. The van der Waals surface area contributed by atoms with Crippen LogP contribution < -0.4 is 5.73 Å². The van der Waals surface area contributed by atoms with Crippen LogP contribution in [0, 0.1) is 0 Å². The van der Waals surface area contributed by atoms with Gasteiger partial charge >= 0.3 is 0 Å². The van der Waals surface area contributed by atoms with Gasteiger partial charge in [-0.05, 0) is 32.2 Å². The summed E-state index contributed by atoms with van der Waals surface area (Å²) in [5.41, 5.74) is 5.38. The van der Waals surface area contributed by atoms with Crippen LogP contribution in [0.3, 0.4) is 0 Å². The maximum absolute atomic E-state index is 5.38. The molecule has 0 aliphatic carbocycles. The van der Waals surface area contributed by atoms with Gasteiger partial charge in [-0.1, -0.05) is 38.3 Å². The standard InChI is InChI=1S/C11H23N/c1-2-3-4-5-6-7-8-9-10-11-12/h7-8H,2-6,9-12H2,1H3/b8-7+. The van der Waals surface area contributed by atoms with Gasteiger partial charge in [-0.3, -0.25) is 0 Å². The van der Waals surface area contributed by atoms with Crippen LogP contribution in [0.15, 0.2) is 12.2 Å². The lowest BCUT2D eigenvalue weighted by Crippen LogP contribution is -1.96. The Bertz CT molecular complexity index is 97.2. The molecule has 0 rings (SSSR count). The summed E-state index contributed by atoms with van der Waals surface area (Å²) in [5, 5.41) is 0. The molecule has 0 spiro atoms. The normalized spacial score (nSPS) is 11.2. The lowest BCUT2D eigenvalue weighted by atomic mass is 10.1. The lowest BCUT2D eigenvalue weighted by Gasteiger charge is -1.94. The second-order valence-electron chi connectivity index (χ2n) is 3.25. The van der Waals surface area contributed by atoms with E-state index >= 15 is 0 Å². The van der Waals surface area contributed by atoms with E-state index in [-0.39, 0.29) is 0 Å². The molecule has 0 heterocycles. The number of nitrogens with two attached hydrogens (primary N) is 1. The largest absolute Gasteiger partial charge is 0.330 e. The third kappa shape index (κ3) is 9.70. The molecule has 0 fully saturated rings. The molecule has 0 aliphatic heterocycles. The van der Waals surface area contributed by atoms with E-state index in [1.807, 2.05) is 0 Å². The van der Waals surface area contributed by atoms with Gasteiger partial charge in [-0.2, -0.15) is 0 Å². The highest BCUT2D eigenvalue weighted by molar-refractivity contribution is 4.81. The summed E-state index contributed by atoms with van der Waals surface area (Å²) < 4.78 is 0. The summed E-state index contributed by atoms with van der Waals surface area (Å²) >= 11 is 0. The highest BCUT2D eigenvalue weighted by Crippen LogP contribution is 2.03. The van der Waals surface area contributed by atoms with Crippen LogP contribution in [0.1, 0.15) is 51.9 Å². The van der Waals surface area contributed by atoms with Crippen molar-refractivity contribution < 1.29 is 0 Å². The molecule has 72 valence electrons. The van der Waals surface area contributed by atoms with Crippen molar-refractivity contribution in [2.75, 3.05) is 6.54 Å². The molecule has 0 atom stereocenters. The van der Waals surface area contributed by atoms with Gasteiger partial charge in [0.25, 0.3) is 0 Å². The quantitative estimate of drug-likeness (QED) is 0.438. The first-order valence-corrected chi connectivity index (χ1v) is 5.27. The Morgan fingerprint density at radius 3 is 2.17 bits per heavy atom. The Hall–Kier alpha value is -0.300. The molecule has 0 radical (unpaired) electrons. The fourth-order valence-corrected chi connectivity index (χ4v) is 1.16. The Morgan fingerprint density at radius 2 is 1.58 bits per heavy atom. The molecule has 0 aromatic carbocycles. The third-order valence-electron chi connectivity index (χ3n) is 1.97. The third-order valence-corrected chi connectivity index (χ3v) is 1.97. The predicted molar refractivity (Wildman–Crippen MR) is 56.2 cm³/mol. The van der Waals surface area contributed by atoms with Crippen LogP contribution in [-0.4, -0.2) is 6.54 Å². The zero-order valence-corrected chi connectivity index (χ0v) is 8.39. The predicted octanol–water partition coefficient (Wildman–Crippen LogP) is 3.25. The first kappa shape index (κ1) is 11.7. The fourth-order valence-electron chi connectivity index (χ4n) is 1.16. The second-order valence-corrected chi connectivity index (χ2v) is 3.25. The zero-order valence-electron chi connectivity index (χ0n) is 8.39. The van der Waals surface area contributed by atoms with E-state index in [9.17, 15) is 0 Å². The van der Waals surface area contributed by atoms with Gasteiger partial charge in [-0.15, -0.1) is 0 Å². The van der Waals surface area contributed by atoms with Crippen molar-refractivity contribution in [1.29, 1.82) is 0 Å². The second kappa shape index (κ2) is 10.7. The van der Waals surface area contributed by atoms with Crippen LogP contribution >= 0.6 is 0 Å². The first-order chi connectivity index (χ1) is 5.91. The van der Waals surface area contributed by atoms with Gasteiger partial charge in [0.15, 0.2) is 0 Å². The molecule has 0 saturated carbocycles. The van der Waals surface area contributed by atoms with Gasteiger partial charge < -0.3 is 5.73 Å². The van der Waals surface area contributed by atoms with E-state index in [4.69, 9.17) is 5.73 Å². The number of hydrogen-bond acceptors (Lipinski definition) is 1. The molecule has 1 nitrogen and oxygen atoms in total. The molecule has 0 aliphatic rings. The summed E-state index contributed by atoms with van der Waals surface area (Å²) in [6.45, 7) is 3.07. The Labute approximate surface area is 77.0 Å². The van der Waals surface area contributed by atoms with Crippen LogP contribution in [0.5, 0.6) is 0 Å². The molecule has 0 bridgehead atoms. The average molecular weight is 169 g/mol. The molecule has 0 unspecified atom stereocenters. The van der Waals surface area contributed by atoms with Crippen molar-refractivity contribution in [3.8, 4) is 0 Å². The summed E-state index contributed by atoms with van der Waals surface area (Å²) in [7, 11) is 0. The maximum Gasteiger partial charge on any atom is -0.00743 e. The molecule has 2 N–H and O–H groups in total.